The van der Waals surface area contributed by atoms with Crippen LogP contribution in [0.2, 0.25) is 0 Å². The van der Waals surface area contributed by atoms with Gasteiger partial charge in [-0.15, -0.1) is 13.2 Å². The molecule has 0 bridgehead atoms. The molecule has 0 aromatic heterocycles. The largest absolute Gasteiger partial charge is 0.573 e. The second-order valence-corrected chi connectivity index (χ2v) is 12.7. The smallest absolute Gasteiger partial charge is 0.432 e. The summed E-state index contributed by atoms with van der Waals surface area (Å²) < 4.78 is 89.1. The van der Waals surface area contributed by atoms with Gasteiger partial charge < -0.3 is 9.47 Å². The van der Waals surface area contributed by atoms with Crippen LogP contribution in [0.1, 0.15) is 107 Å². The van der Waals surface area contributed by atoms with Gasteiger partial charge in [0, 0.05) is 6.07 Å². The van der Waals surface area contributed by atoms with Crippen molar-refractivity contribution in [1.82, 2.24) is 0 Å². The second kappa shape index (κ2) is 12.5. The second-order valence-electron chi connectivity index (χ2n) is 12.7. The number of alkyl halides is 5. The Bertz CT molecular complexity index is 1120. The first-order valence-electron chi connectivity index (χ1n) is 15.2. The van der Waals surface area contributed by atoms with Gasteiger partial charge in [-0.05, 0) is 117 Å². The van der Waals surface area contributed by atoms with Crippen LogP contribution in [0.25, 0.3) is 0 Å². The first-order valence-corrected chi connectivity index (χ1v) is 15.2. The van der Waals surface area contributed by atoms with E-state index in [1.165, 1.54) is 36.8 Å². The molecule has 0 saturated heterocycles. The third-order valence-electron chi connectivity index (χ3n) is 9.96. The predicted octanol–water partition coefficient (Wildman–Crippen LogP) is 10.8. The van der Waals surface area contributed by atoms with Crippen LogP contribution in [0, 0.1) is 29.5 Å². The summed E-state index contributed by atoms with van der Waals surface area (Å²) in [4.78, 5) is 0. The van der Waals surface area contributed by atoms with Crippen LogP contribution >= 0.6 is 0 Å². The summed E-state index contributed by atoms with van der Waals surface area (Å²) in [5.74, 6) is -0.977. The molecule has 0 N–H and O–H groups in total. The molecule has 2 aromatic carbocycles. The van der Waals surface area contributed by atoms with Gasteiger partial charge in [-0.3, -0.25) is 0 Å². The first-order chi connectivity index (χ1) is 19.5. The lowest BCUT2D eigenvalue weighted by Gasteiger charge is -2.39. The van der Waals surface area contributed by atoms with Gasteiger partial charge in [-0.1, -0.05) is 44.0 Å². The highest BCUT2D eigenvalue weighted by atomic mass is 19.4. The van der Waals surface area contributed by atoms with Crippen LogP contribution < -0.4 is 9.47 Å². The van der Waals surface area contributed by atoms with Crippen molar-refractivity contribution >= 4 is 0 Å². The molecule has 3 fully saturated rings. The van der Waals surface area contributed by atoms with Crippen LogP contribution in [0.5, 0.6) is 11.5 Å². The minimum absolute atomic E-state index is 0.302. The van der Waals surface area contributed by atoms with Gasteiger partial charge in [-0.25, -0.2) is 4.39 Å². The predicted molar refractivity (Wildman–Crippen MR) is 146 cm³/mol. The Morgan fingerprint density at radius 1 is 0.610 bits per heavy atom. The third kappa shape index (κ3) is 7.72. The molecule has 0 heterocycles. The maximum atomic E-state index is 14.9. The summed E-state index contributed by atoms with van der Waals surface area (Å²) in [7, 11) is 0. The fourth-order valence-electron chi connectivity index (χ4n) is 7.48. The highest BCUT2D eigenvalue weighted by Gasteiger charge is 2.45. The summed E-state index contributed by atoms with van der Waals surface area (Å²) in [5, 5.41) is 0. The zero-order valence-corrected chi connectivity index (χ0v) is 23.6. The summed E-state index contributed by atoms with van der Waals surface area (Å²) >= 11 is 0. The molecular formula is C33H40F6O2. The number of rotatable bonds is 7. The van der Waals surface area contributed by atoms with Crippen LogP contribution in [0.3, 0.4) is 0 Å². The van der Waals surface area contributed by atoms with Crippen LogP contribution in [0.15, 0.2) is 42.5 Å². The topological polar surface area (TPSA) is 18.5 Å². The van der Waals surface area contributed by atoms with Crippen LogP contribution in [0.4, 0.5) is 26.3 Å². The average molecular weight is 583 g/mol. The summed E-state index contributed by atoms with van der Waals surface area (Å²) in [5.41, 5.74) is 2.90. The first kappa shape index (κ1) is 30.1. The van der Waals surface area contributed by atoms with Crippen molar-refractivity contribution in [2.75, 3.05) is 0 Å². The summed E-state index contributed by atoms with van der Waals surface area (Å²) in [6.07, 6.45) is 3.08. The highest BCUT2D eigenvalue weighted by molar-refractivity contribution is 5.33. The monoisotopic (exact) mass is 582 g/mol. The van der Waals surface area contributed by atoms with Crippen molar-refractivity contribution in [3.05, 3.63) is 59.4 Å². The van der Waals surface area contributed by atoms with Gasteiger partial charge in [0.25, 0.3) is 0 Å². The van der Waals surface area contributed by atoms with E-state index in [1.54, 1.807) is 0 Å². The van der Waals surface area contributed by atoms with E-state index in [4.69, 9.17) is 4.74 Å². The Kier molecular flexibility index (Phi) is 9.15. The zero-order chi connectivity index (χ0) is 29.2. The molecule has 3 aliphatic rings. The molecule has 3 aliphatic carbocycles. The lowest BCUT2D eigenvalue weighted by Crippen LogP contribution is -2.38. The molecule has 5 rings (SSSR count). The quantitative estimate of drug-likeness (QED) is 0.302. The highest BCUT2D eigenvalue weighted by Crippen LogP contribution is 2.47. The Morgan fingerprint density at radius 3 is 1.59 bits per heavy atom. The summed E-state index contributed by atoms with van der Waals surface area (Å²) in [6.45, 7) is 2.35. The fraction of sp³-hybridized carbons (Fsp3) is 0.636. The minimum atomic E-state index is -5.08. The molecule has 226 valence electrons. The number of ether oxygens (including phenoxy) is 2. The van der Waals surface area contributed by atoms with Crippen molar-refractivity contribution in [2.24, 2.45) is 23.7 Å². The lowest BCUT2D eigenvalue weighted by molar-refractivity contribution is -0.275. The third-order valence-corrected chi connectivity index (χ3v) is 9.96. The molecule has 2 aromatic rings. The standard InChI is InChI=1S/C33H40F6O2/c1-21-2-4-22(5-3-21)23-6-8-24(9-7-23)25-10-12-26(13-11-25)27-14-16-28(17-15-27)32(35,36)40-29-18-19-31(30(34)20-29)41-33(37,38)39/h6-9,18-22,25-28H,2-5,10-17H2,1H3. The van der Waals surface area contributed by atoms with E-state index in [0.29, 0.717) is 61.5 Å². The molecule has 3 saturated carbocycles. The number of hydrogen-bond acceptors (Lipinski definition) is 2. The van der Waals surface area contributed by atoms with E-state index >= 15 is 0 Å². The van der Waals surface area contributed by atoms with E-state index in [9.17, 15) is 26.3 Å². The Morgan fingerprint density at radius 2 is 1.10 bits per heavy atom. The molecule has 41 heavy (non-hydrogen) atoms. The molecular weight excluding hydrogens is 542 g/mol. The van der Waals surface area contributed by atoms with Gasteiger partial charge in [0.2, 0.25) is 0 Å². The Labute approximate surface area is 238 Å². The van der Waals surface area contributed by atoms with Gasteiger partial charge >= 0.3 is 12.5 Å². The number of benzene rings is 2. The van der Waals surface area contributed by atoms with Gasteiger partial charge in [0.15, 0.2) is 11.6 Å². The van der Waals surface area contributed by atoms with Crippen molar-refractivity contribution in [3.8, 4) is 11.5 Å². The van der Waals surface area contributed by atoms with Gasteiger partial charge in [0.05, 0.1) is 5.92 Å². The van der Waals surface area contributed by atoms with Crippen molar-refractivity contribution in [3.63, 3.8) is 0 Å². The van der Waals surface area contributed by atoms with Crippen molar-refractivity contribution < 1.29 is 35.8 Å². The molecule has 0 spiro atoms. The Hall–Kier alpha value is -2.38. The van der Waals surface area contributed by atoms with E-state index in [1.807, 2.05) is 0 Å². The van der Waals surface area contributed by atoms with Gasteiger partial charge in [-0.2, -0.15) is 8.78 Å². The zero-order valence-electron chi connectivity index (χ0n) is 23.6. The molecule has 0 amide bonds. The minimum Gasteiger partial charge on any atom is -0.432 e. The fourth-order valence-corrected chi connectivity index (χ4v) is 7.48. The normalized spacial score (nSPS) is 29.6. The molecule has 2 nitrogen and oxygen atoms in total. The van der Waals surface area contributed by atoms with Gasteiger partial charge in [0.1, 0.15) is 5.75 Å². The SMILES string of the molecule is CC1CCC(c2ccc(C3CCC(C4CCC(C(F)(F)Oc5ccc(OC(F)(F)F)c(F)c5)CC4)CC3)cc2)CC1. The number of halogens is 6. The molecule has 0 radical (unpaired) electrons. The maximum absolute atomic E-state index is 14.9. The lowest BCUT2D eigenvalue weighted by atomic mass is 9.68. The maximum Gasteiger partial charge on any atom is 0.573 e. The molecule has 8 heteroatoms. The summed E-state index contributed by atoms with van der Waals surface area (Å²) in [6, 6.07) is 11.3. The van der Waals surface area contributed by atoms with E-state index in [0.717, 1.165) is 37.7 Å². The van der Waals surface area contributed by atoms with Crippen LogP contribution in [-0.4, -0.2) is 12.5 Å². The van der Waals surface area contributed by atoms with E-state index in [2.05, 4.69) is 35.9 Å². The van der Waals surface area contributed by atoms with E-state index in [-0.39, 0.29) is 0 Å². The van der Waals surface area contributed by atoms with Crippen molar-refractivity contribution in [1.29, 1.82) is 0 Å². The molecule has 0 atom stereocenters. The van der Waals surface area contributed by atoms with E-state index < -0.39 is 35.7 Å². The molecule has 0 aliphatic heterocycles. The van der Waals surface area contributed by atoms with Crippen molar-refractivity contribution in [2.45, 2.75) is 108 Å². The average Bonchev–Trinajstić information content (AvgIpc) is 2.94. The molecule has 0 unspecified atom stereocenters. The van der Waals surface area contributed by atoms with Crippen LogP contribution in [-0.2, 0) is 0 Å². The Balaban J connectivity index is 1.08. The number of hydrogen-bond donors (Lipinski definition) is 0.